The summed E-state index contributed by atoms with van der Waals surface area (Å²) in [6.45, 7) is 6.26. The summed E-state index contributed by atoms with van der Waals surface area (Å²) in [5.41, 5.74) is 3.23. The van der Waals surface area contributed by atoms with Gasteiger partial charge < -0.3 is 10.1 Å². The lowest BCUT2D eigenvalue weighted by molar-refractivity contribution is -0.127. The number of allylic oxidation sites excluding steroid dienone is 1. The van der Waals surface area contributed by atoms with Crippen LogP contribution in [0.25, 0.3) is 0 Å². The second kappa shape index (κ2) is 7.68. The van der Waals surface area contributed by atoms with E-state index in [4.69, 9.17) is 16.3 Å². The zero-order valence-corrected chi connectivity index (χ0v) is 14.3. The van der Waals surface area contributed by atoms with E-state index in [1.165, 1.54) is 18.4 Å². The van der Waals surface area contributed by atoms with E-state index >= 15 is 0 Å². The number of nitrogens with one attached hydrogen (secondary N) is 1. The van der Waals surface area contributed by atoms with Crippen LogP contribution in [0, 0.1) is 13.8 Å². The number of halogens is 1. The van der Waals surface area contributed by atoms with Crippen LogP contribution in [0.5, 0.6) is 5.75 Å². The van der Waals surface area contributed by atoms with Gasteiger partial charge in [-0.1, -0.05) is 23.3 Å². The first-order valence-electron chi connectivity index (χ1n) is 7.86. The number of carbonyl (C=O) groups is 1. The molecule has 0 spiro atoms. The summed E-state index contributed by atoms with van der Waals surface area (Å²) >= 11 is 6.14. The summed E-state index contributed by atoms with van der Waals surface area (Å²) < 4.78 is 5.74. The van der Waals surface area contributed by atoms with Crippen LogP contribution in [0.4, 0.5) is 0 Å². The molecular weight excluding hydrogens is 298 g/mol. The average Bonchev–Trinajstić information content (AvgIpc) is 2.51. The summed E-state index contributed by atoms with van der Waals surface area (Å²) in [5, 5.41) is 3.70. The van der Waals surface area contributed by atoms with Gasteiger partial charge in [0.25, 0.3) is 5.91 Å². The van der Waals surface area contributed by atoms with Crippen LogP contribution in [0.1, 0.15) is 43.7 Å². The van der Waals surface area contributed by atoms with Crippen molar-refractivity contribution >= 4 is 17.5 Å². The Morgan fingerprint density at radius 3 is 2.59 bits per heavy atom. The SMILES string of the molecule is Cc1cc(O[C@@H](C)C(=O)NCC2=CCCCC2)cc(C)c1Cl. The van der Waals surface area contributed by atoms with Crippen LogP contribution in [0.3, 0.4) is 0 Å². The van der Waals surface area contributed by atoms with Crippen molar-refractivity contribution in [2.75, 3.05) is 6.54 Å². The average molecular weight is 322 g/mol. The molecule has 1 N–H and O–H groups in total. The van der Waals surface area contributed by atoms with E-state index in [0.717, 1.165) is 29.0 Å². The number of hydrogen-bond acceptors (Lipinski definition) is 2. The molecule has 120 valence electrons. The molecule has 2 rings (SSSR count). The summed E-state index contributed by atoms with van der Waals surface area (Å²) in [7, 11) is 0. The second-order valence-corrected chi connectivity index (χ2v) is 6.34. The topological polar surface area (TPSA) is 38.3 Å². The molecule has 0 aliphatic heterocycles. The highest BCUT2D eigenvalue weighted by molar-refractivity contribution is 6.32. The van der Waals surface area contributed by atoms with Gasteiger partial charge in [0, 0.05) is 11.6 Å². The van der Waals surface area contributed by atoms with Gasteiger partial charge in [-0.2, -0.15) is 0 Å². The van der Waals surface area contributed by atoms with Crippen molar-refractivity contribution in [2.45, 2.75) is 52.6 Å². The molecule has 1 atom stereocenters. The number of aryl methyl sites for hydroxylation is 2. The Labute approximate surface area is 137 Å². The molecule has 0 aromatic heterocycles. The number of ether oxygens (including phenoxy) is 1. The van der Waals surface area contributed by atoms with E-state index in [2.05, 4.69) is 11.4 Å². The molecule has 22 heavy (non-hydrogen) atoms. The van der Waals surface area contributed by atoms with Gasteiger partial charge in [-0.05, 0) is 69.7 Å². The highest BCUT2D eigenvalue weighted by atomic mass is 35.5. The quantitative estimate of drug-likeness (QED) is 0.819. The predicted molar refractivity (Wildman–Crippen MR) is 90.6 cm³/mol. The molecule has 1 aromatic carbocycles. The first kappa shape index (κ1) is 16.9. The lowest BCUT2D eigenvalue weighted by atomic mass is 10.00. The predicted octanol–water partition coefficient (Wildman–Crippen LogP) is 4.34. The van der Waals surface area contributed by atoms with Gasteiger partial charge in [0.2, 0.25) is 0 Å². The first-order valence-corrected chi connectivity index (χ1v) is 8.24. The third-order valence-corrected chi connectivity index (χ3v) is 4.56. The van der Waals surface area contributed by atoms with Gasteiger partial charge >= 0.3 is 0 Å². The molecule has 0 radical (unpaired) electrons. The zero-order valence-electron chi connectivity index (χ0n) is 13.5. The number of amides is 1. The van der Waals surface area contributed by atoms with Crippen molar-refractivity contribution in [3.8, 4) is 5.75 Å². The molecule has 1 amide bonds. The number of benzene rings is 1. The number of carbonyl (C=O) groups excluding carboxylic acids is 1. The van der Waals surface area contributed by atoms with E-state index in [9.17, 15) is 4.79 Å². The van der Waals surface area contributed by atoms with Crippen molar-refractivity contribution in [1.29, 1.82) is 0 Å². The third-order valence-electron chi connectivity index (χ3n) is 3.97. The minimum Gasteiger partial charge on any atom is -0.481 e. The molecule has 1 aromatic rings. The Hall–Kier alpha value is -1.48. The molecule has 0 saturated heterocycles. The van der Waals surface area contributed by atoms with Crippen molar-refractivity contribution in [3.63, 3.8) is 0 Å². The monoisotopic (exact) mass is 321 g/mol. The maximum absolute atomic E-state index is 12.1. The fourth-order valence-corrected chi connectivity index (χ4v) is 2.75. The standard InChI is InChI=1S/C18H24ClNO2/c1-12-9-16(10-13(2)17(12)19)22-14(3)18(21)20-11-15-7-5-4-6-8-15/h7,9-10,14H,4-6,8,11H2,1-3H3,(H,20,21)/t14-/m0/s1. The van der Waals surface area contributed by atoms with Gasteiger partial charge in [-0.3, -0.25) is 4.79 Å². The summed E-state index contributed by atoms with van der Waals surface area (Å²) in [4.78, 5) is 12.1. The Morgan fingerprint density at radius 1 is 1.32 bits per heavy atom. The Kier molecular flexibility index (Phi) is 5.90. The van der Waals surface area contributed by atoms with E-state index in [-0.39, 0.29) is 5.91 Å². The molecule has 0 bridgehead atoms. The van der Waals surface area contributed by atoms with Crippen LogP contribution < -0.4 is 10.1 Å². The van der Waals surface area contributed by atoms with Gasteiger partial charge in [-0.15, -0.1) is 0 Å². The molecule has 1 aliphatic rings. The third kappa shape index (κ3) is 4.51. The van der Waals surface area contributed by atoms with Crippen LogP contribution >= 0.6 is 11.6 Å². The molecule has 1 aliphatic carbocycles. The van der Waals surface area contributed by atoms with E-state index in [1.807, 2.05) is 26.0 Å². The molecule has 3 nitrogen and oxygen atoms in total. The minimum atomic E-state index is -0.524. The van der Waals surface area contributed by atoms with Crippen molar-refractivity contribution in [2.24, 2.45) is 0 Å². The molecule has 0 heterocycles. The largest absolute Gasteiger partial charge is 0.481 e. The Bertz CT molecular complexity index is 557. The Morgan fingerprint density at radius 2 is 2.00 bits per heavy atom. The molecule has 0 fully saturated rings. The highest BCUT2D eigenvalue weighted by Gasteiger charge is 2.16. The number of rotatable bonds is 5. The van der Waals surface area contributed by atoms with Crippen LogP contribution in [0.15, 0.2) is 23.8 Å². The van der Waals surface area contributed by atoms with E-state index < -0.39 is 6.10 Å². The molecule has 0 unspecified atom stereocenters. The number of hydrogen-bond donors (Lipinski definition) is 1. The fraction of sp³-hybridized carbons (Fsp3) is 0.500. The molecule has 4 heteroatoms. The van der Waals surface area contributed by atoms with E-state index in [0.29, 0.717) is 12.3 Å². The summed E-state index contributed by atoms with van der Waals surface area (Å²) in [6, 6.07) is 3.73. The van der Waals surface area contributed by atoms with Gasteiger partial charge in [0.15, 0.2) is 6.10 Å². The molecule has 0 saturated carbocycles. The summed E-state index contributed by atoms with van der Waals surface area (Å²) in [6.07, 6.45) is 6.40. The minimum absolute atomic E-state index is 0.0864. The smallest absolute Gasteiger partial charge is 0.261 e. The van der Waals surface area contributed by atoms with Crippen molar-refractivity contribution in [1.82, 2.24) is 5.32 Å². The maximum Gasteiger partial charge on any atom is 0.261 e. The van der Waals surface area contributed by atoms with Crippen LogP contribution in [-0.2, 0) is 4.79 Å². The second-order valence-electron chi connectivity index (χ2n) is 5.96. The van der Waals surface area contributed by atoms with Gasteiger partial charge in [0.1, 0.15) is 5.75 Å². The van der Waals surface area contributed by atoms with Crippen LogP contribution in [0.2, 0.25) is 5.02 Å². The normalized spacial score (nSPS) is 15.9. The lowest BCUT2D eigenvalue weighted by Gasteiger charge is -2.18. The van der Waals surface area contributed by atoms with Crippen LogP contribution in [-0.4, -0.2) is 18.6 Å². The zero-order chi connectivity index (χ0) is 16.1. The van der Waals surface area contributed by atoms with Gasteiger partial charge in [-0.25, -0.2) is 0 Å². The first-order chi connectivity index (χ1) is 10.5. The van der Waals surface area contributed by atoms with Crippen molar-refractivity contribution in [3.05, 3.63) is 39.9 Å². The van der Waals surface area contributed by atoms with Gasteiger partial charge in [0.05, 0.1) is 0 Å². The fourth-order valence-electron chi connectivity index (χ4n) is 2.64. The van der Waals surface area contributed by atoms with Crippen molar-refractivity contribution < 1.29 is 9.53 Å². The Balaban J connectivity index is 1.89. The van der Waals surface area contributed by atoms with E-state index in [1.54, 1.807) is 6.92 Å². The lowest BCUT2D eigenvalue weighted by Crippen LogP contribution is -2.37. The summed E-state index contributed by atoms with van der Waals surface area (Å²) in [5.74, 6) is 0.593. The maximum atomic E-state index is 12.1. The molecular formula is C18H24ClNO2. The highest BCUT2D eigenvalue weighted by Crippen LogP contribution is 2.26.